The molecule has 1 aliphatic rings. The van der Waals surface area contributed by atoms with Gasteiger partial charge in [-0.05, 0) is 0 Å². The molecule has 92 valence electrons. The summed E-state index contributed by atoms with van der Waals surface area (Å²) >= 11 is 0. The monoisotopic (exact) mass is 232 g/mol. The Morgan fingerprint density at radius 3 is 2.50 bits per heavy atom. The molecule has 0 aliphatic carbocycles. The maximum atomic E-state index is 10.9. The molecule has 6 nitrogen and oxygen atoms in total. The molecular formula is C10H16O6. The minimum atomic E-state index is -1.05. The molecule has 0 aromatic rings. The van der Waals surface area contributed by atoms with Crippen LogP contribution in [0.4, 0.5) is 0 Å². The second-order valence-electron chi connectivity index (χ2n) is 3.41. The molecule has 1 aliphatic heterocycles. The van der Waals surface area contributed by atoms with Crippen LogP contribution >= 0.6 is 0 Å². The zero-order valence-corrected chi connectivity index (χ0v) is 9.50. The first-order valence-electron chi connectivity index (χ1n) is 4.77. The van der Waals surface area contributed by atoms with E-state index in [0.29, 0.717) is 0 Å². The average Bonchev–Trinajstić information content (AvgIpc) is 2.23. The van der Waals surface area contributed by atoms with Crippen LogP contribution in [0.2, 0.25) is 0 Å². The summed E-state index contributed by atoms with van der Waals surface area (Å²) in [5.74, 6) is -0.306. The van der Waals surface area contributed by atoms with Gasteiger partial charge in [-0.3, -0.25) is 4.79 Å². The molecule has 4 atom stereocenters. The van der Waals surface area contributed by atoms with E-state index in [1.807, 2.05) is 0 Å². The van der Waals surface area contributed by atoms with E-state index in [1.54, 1.807) is 0 Å². The number of methoxy groups -OCH3 is 2. The molecule has 1 fully saturated rings. The number of ether oxygens (including phenoxy) is 4. The van der Waals surface area contributed by atoms with E-state index in [9.17, 15) is 9.90 Å². The highest BCUT2D eigenvalue weighted by molar-refractivity contribution is 5.66. The number of rotatable bonds is 3. The molecule has 1 heterocycles. The largest absolute Gasteiger partial charge is 0.463 e. The Balaban J connectivity index is 2.83. The lowest BCUT2D eigenvalue weighted by Gasteiger charge is -2.39. The topological polar surface area (TPSA) is 74.2 Å². The second-order valence-corrected chi connectivity index (χ2v) is 3.41. The van der Waals surface area contributed by atoms with Crippen molar-refractivity contribution in [1.82, 2.24) is 0 Å². The molecule has 0 spiro atoms. The van der Waals surface area contributed by atoms with Crippen molar-refractivity contribution in [2.45, 2.75) is 31.5 Å². The molecule has 0 amide bonds. The van der Waals surface area contributed by atoms with Crippen LogP contribution in [0.15, 0.2) is 12.3 Å². The SMILES string of the molecule is C=C1O[C@@H](OC)[C@H](O)[C@@H](OC)[C@@H]1OC(C)=O. The van der Waals surface area contributed by atoms with Crippen molar-refractivity contribution >= 4 is 5.97 Å². The van der Waals surface area contributed by atoms with Crippen molar-refractivity contribution in [1.29, 1.82) is 0 Å². The zero-order chi connectivity index (χ0) is 12.3. The van der Waals surface area contributed by atoms with E-state index < -0.39 is 30.6 Å². The molecule has 0 aromatic heterocycles. The van der Waals surface area contributed by atoms with Gasteiger partial charge < -0.3 is 24.1 Å². The van der Waals surface area contributed by atoms with Crippen molar-refractivity contribution in [3.8, 4) is 0 Å². The third-order valence-corrected chi connectivity index (χ3v) is 2.30. The van der Waals surface area contributed by atoms with Crippen LogP contribution in [-0.2, 0) is 23.7 Å². The molecule has 0 saturated carbocycles. The van der Waals surface area contributed by atoms with Crippen molar-refractivity contribution in [3.05, 3.63) is 12.3 Å². The number of hydrogen-bond donors (Lipinski definition) is 1. The maximum Gasteiger partial charge on any atom is 0.303 e. The summed E-state index contributed by atoms with van der Waals surface area (Å²) in [5.41, 5.74) is 0. The fraction of sp³-hybridized carbons (Fsp3) is 0.700. The Bertz CT molecular complexity index is 276. The van der Waals surface area contributed by atoms with E-state index in [4.69, 9.17) is 18.9 Å². The number of aliphatic hydroxyl groups is 1. The Hall–Kier alpha value is -1.11. The van der Waals surface area contributed by atoms with Gasteiger partial charge in [-0.15, -0.1) is 0 Å². The van der Waals surface area contributed by atoms with Gasteiger partial charge >= 0.3 is 5.97 Å². The van der Waals surface area contributed by atoms with Gasteiger partial charge in [0.25, 0.3) is 0 Å². The van der Waals surface area contributed by atoms with Gasteiger partial charge in [0.1, 0.15) is 18.0 Å². The summed E-state index contributed by atoms with van der Waals surface area (Å²) < 4.78 is 20.1. The summed E-state index contributed by atoms with van der Waals surface area (Å²) in [6, 6.07) is 0. The van der Waals surface area contributed by atoms with Crippen molar-refractivity contribution in [2.24, 2.45) is 0 Å². The van der Waals surface area contributed by atoms with Crippen molar-refractivity contribution in [3.63, 3.8) is 0 Å². The van der Waals surface area contributed by atoms with Crippen LogP contribution in [0.5, 0.6) is 0 Å². The third kappa shape index (κ3) is 2.52. The van der Waals surface area contributed by atoms with Gasteiger partial charge in [0.2, 0.25) is 6.29 Å². The maximum absolute atomic E-state index is 10.9. The van der Waals surface area contributed by atoms with Gasteiger partial charge in [0, 0.05) is 21.1 Å². The molecule has 16 heavy (non-hydrogen) atoms. The van der Waals surface area contributed by atoms with E-state index in [-0.39, 0.29) is 5.76 Å². The summed E-state index contributed by atoms with van der Waals surface area (Å²) in [7, 11) is 2.79. The molecule has 6 heteroatoms. The highest BCUT2D eigenvalue weighted by Crippen LogP contribution is 2.27. The van der Waals surface area contributed by atoms with E-state index in [2.05, 4.69) is 6.58 Å². The predicted octanol–water partition coefficient (Wildman–Crippen LogP) is -0.190. The van der Waals surface area contributed by atoms with Gasteiger partial charge in [-0.25, -0.2) is 0 Å². The Kier molecular flexibility index (Phi) is 4.28. The van der Waals surface area contributed by atoms with Gasteiger partial charge in [0.05, 0.1) is 0 Å². The lowest BCUT2D eigenvalue weighted by Crippen LogP contribution is -2.54. The van der Waals surface area contributed by atoms with E-state index >= 15 is 0 Å². The van der Waals surface area contributed by atoms with Crippen LogP contribution in [0.3, 0.4) is 0 Å². The molecule has 0 bridgehead atoms. The summed E-state index contributed by atoms with van der Waals surface area (Å²) in [6.45, 7) is 4.87. The number of hydrogen-bond acceptors (Lipinski definition) is 6. The van der Waals surface area contributed by atoms with Crippen LogP contribution < -0.4 is 0 Å². The molecule has 1 rings (SSSR count). The fourth-order valence-corrected chi connectivity index (χ4v) is 1.57. The lowest BCUT2D eigenvalue weighted by atomic mass is 10.0. The van der Waals surface area contributed by atoms with E-state index in [0.717, 1.165) is 0 Å². The standard InChI is InChI=1S/C10H16O6/c1-5-8(16-6(2)11)9(13-3)7(12)10(14-4)15-5/h7-10,12H,1H2,2-4H3/t7-,8-,9-,10-/m1/s1. The summed E-state index contributed by atoms with van der Waals surface area (Å²) in [5, 5.41) is 9.82. The molecule has 0 unspecified atom stereocenters. The molecule has 1 N–H and O–H groups in total. The lowest BCUT2D eigenvalue weighted by molar-refractivity contribution is -0.245. The number of esters is 1. The van der Waals surface area contributed by atoms with Crippen LogP contribution in [0, 0.1) is 0 Å². The van der Waals surface area contributed by atoms with E-state index in [1.165, 1.54) is 21.1 Å². The Morgan fingerprint density at radius 1 is 1.44 bits per heavy atom. The van der Waals surface area contributed by atoms with Crippen LogP contribution in [0.25, 0.3) is 0 Å². The van der Waals surface area contributed by atoms with Gasteiger partial charge in [-0.2, -0.15) is 0 Å². The smallest absolute Gasteiger partial charge is 0.303 e. The molecule has 0 radical (unpaired) electrons. The average molecular weight is 232 g/mol. The fourth-order valence-electron chi connectivity index (χ4n) is 1.57. The number of carbonyl (C=O) groups excluding carboxylic acids is 1. The summed E-state index contributed by atoms with van der Waals surface area (Å²) in [6.07, 6.45) is -3.51. The first-order valence-corrected chi connectivity index (χ1v) is 4.77. The van der Waals surface area contributed by atoms with Crippen LogP contribution in [-0.4, -0.2) is 49.9 Å². The summed E-state index contributed by atoms with van der Waals surface area (Å²) in [4.78, 5) is 10.9. The first kappa shape index (κ1) is 13.0. The van der Waals surface area contributed by atoms with Crippen molar-refractivity contribution in [2.75, 3.05) is 14.2 Å². The molecular weight excluding hydrogens is 216 g/mol. The Labute approximate surface area is 93.7 Å². The quantitative estimate of drug-likeness (QED) is 0.680. The Morgan fingerprint density at radius 2 is 2.06 bits per heavy atom. The highest BCUT2D eigenvalue weighted by Gasteiger charge is 2.44. The minimum absolute atomic E-state index is 0.194. The second kappa shape index (κ2) is 5.29. The van der Waals surface area contributed by atoms with Gasteiger partial charge in [-0.1, -0.05) is 6.58 Å². The van der Waals surface area contributed by atoms with Crippen molar-refractivity contribution < 1.29 is 28.8 Å². The predicted molar refractivity (Wildman–Crippen MR) is 53.4 cm³/mol. The third-order valence-electron chi connectivity index (χ3n) is 2.30. The highest BCUT2D eigenvalue weighted by atomic mass is 16.7. The molecule has 1 saturated heterocycles. The zero-order valence-electron chi connectivity index (χ0n) is 9.50. The van der Waals surface area contributed by atoms with Crippen LogP contribution in [0.1, 0.15) is 6.92 Å². The van der Waals surface area contributed by atoms with Gasteiger partial charge in [0.15, 0.2) is 6.10 Å². The molecule has 0 aromatic carbocycles. The number of carbonyl (C=O) groups is 1. The minimum Gasteiger partial charge on any atom is -0.463 e. The number of aliphatic hydroxyl groups excluding tert-OH is 1. The first-order chi connectivity index (χ1) is 7.51. The normalized spacial score (nSPS) is 34.4.